The molecule has 2 aromatic carbocycles. The number of carbonyl (C=O) groups excluding carboxylic acids is 2. The van der Waals surface area contributed by atoms with Gasteiger partial charge in [-0.15, -0.1) is 0 Å². The topological polar surface area (TPSA) is 79.8 Å². The first kappa shape index (κ1) is 22.7. The molecule has 0 fully saturated rings. The lowest BCUT2D eigenvalue weighted by Gasteiger charge is -2.09. The number of benzene rings is 2. The second-order valence-corrected chi connectivity index (χ2v) is 7.74. The maximum absolute atomic E-state index is 12.3. The van der Waals surface area contributed by atoms with Crippen molar-refractivity contribution in [1.29, 1.82) is 0 Å². The third kappa shape index (κ3) is 6.48. The second-order valence-electron chi connectivity index (χ2n) is 6.73. The largest absolute Gasteiger partial charge is 0.497 e. The Bertz CT molecular complexity index is 961. The van der Waals surface area contributed by atoms with E-state index in [0.717, 1.165) is 22.6 Å². The minimum Gasteiger partial charge on any atom is -0.497 e. The molecule has 1 aliphatic rings. The van der Waals surface area contributed by atoms with Gasteiger partial charge in [0.1, 0.15) is 5.75 Å². The van der Waals surface area contributed by atoms with Crippen molar-refractivity contribution in [3.8, 4) is 5.75 Å². The Labute approximate surface area is 181 Å². The van der Waals surface area contributed by atoms with Gasteiger partial charge in [-0.3, -0.25) is 14.6 Å². The van der Waals surface area contributed by atoms with Crippen molar-refractivity contribution in [3.63, 3.8) is 0 Å². The molecule has 0 saturated carbocycles. The lowest BCUT2D eigenvalue weighted by atomic mass is 10.1. The van der Waals surface area contributed by atoms with Gasteiger partial charge in [-0.25, -0.2) is 0 Å². The van der Waals surface area contributed by atoms with Crippen LogP contribution in [0.2, 0.25) is 0 Å². The molecule has 164 valence electrons. The van der Waals surface area contributed by atoms with E-state index in [2.05, 4.69) is 10.3 Å². The maximum atomic E-state index is 12.3. The molecule has 1 aliphatic heterocycles. The number of anilines is 1. The number of nitrogens with zero attached hydrogens (tertiary/aromatic N) is 1. The summed E-state index contributed by atoms with van der Waals surface area (Å²) in [5.74, 6) is -0.728. The van der Waals surface area contributed by atoms with Crippen LogP contribution < -0.4 is 15.4 Å². The van der Waals surface area contributed by atoms with Crippen LogP contribution in [0.15, 0.2) is 53.5 Å². The Hall–Kier alpha value is -3.01. The molecule has 10 heteroatoms. The molecule has 0 radical (unpaired) electrons. The summed E-state index contributed by atoms with van der Waals surface area (Å²) in [4.78, 5) is 27.7. The van der Waals surface area contributed by atoms with Crippen LogP contribution in [0.4, 0.5) is 18.9 Å². The van der Waals surface area contributed by atoms with Gasteiger partial charge in [0, 0.05) is 17.9 Å². The van der Waals surface area contributed by atoms with E-state index < -0.39 is 12.1 Å². The lowest BCUT2D eigenvalue weighted by Crippen LogP contribution is -2.29. The first-order valence-electron chi connectivity index (χ1n) is 9.36. The number of aliphatic imine (C=N–C) groups is 1. The first-order valence-corrected chi connectivity index (χ1v) is 10.3. The number of thioether (sulfide) groups is 1. The molecule has 1 unspecified atom stereocenters. The van der Waals surface area contributed by atoms with Gasteiger partial charge in [-0.05, 0) is 41.8 Å². The van der Waals surface area contributed by atoms with Crippen molar-refractivity contribution >= 4 is 34.4 Å². The second kappa shape index (κ2) is 9.86. The van der Waals surface area contributed by atoms with Crippen molar-refractivity contribution in [2.24, 2.45) is 4.99 Å². The minimum absolute atomic E-state index is 0.0364. The average Bonchev–Trinajstić information content (AvgIpc) is 3.21. The van der Waals surface area contributed by atoms with Crippen molar-refractivity contribution < 1.29 is 27.5 Å². The number of halogens is 3. The van der Waals surface area contributed by atoms with E-state index in [1.165, 1.54) is 23.9 Å². The molecular formula is C21H20F3N3O3S. The summed E-state index contributed by atoms with van der Waals surface area (Å²) < 4.78 is 42.0. The van der Waals surface area contributed by atoms with Gasteiger partial charge in [0.25, 0.3) is 0 Å². The zero-order chi connectivity index (χ0) is 22.4. The Morgan fingerprint density at radius 1 is 1.10 bits per heavy atom. The third-order valence-corrected chi connectivity index (χ3v) is 5.47. The number of ether oxygens (including phenoxy) is 1. The van der Waals surface area contributed by atoms with Crippen LogP contribution in [0.3, 0.4) is 0 Å². The molecule has 0 aromatic heterocycles. The molecular weight excluding hydrogens is 431 g/mol. The predicted octanol–water partition coefficient (Wildman–Crippen LogP) is 4.09. The molecule has 2 aromatic rings. The number of aryl methyl sites for hydroxylation is 1. The Morgan fingerprint density at radius 3 is 2.39 bits per heavy atom. The SMILES string of the molecule is COc1ccc(C2CSC(NC(=O)CCc3ccc(NC(=O)C(F)(F)F)cc3)=N2)cc1. The minimum atomic E-state index is -4.94. The fourth-order valence-corrected chi connectivity index (χ4v) is 3.81. The Balaban J connectivity index is 1.47. The zero-order valence-electron chi connectivity index (χ0n) is 16.5. The van der Waals surface area contributed by atoms with E-state index in [1.54, 1.807) is 24.6 Å². The standard InChI is InChI=1S/C21H20F3N3O3S/c1-30-16-9-5-14(6-10-16)17-12-31-20(26-17)27-18(28)11-4-13-2-7-15(8-3-13)25-19(29)21(22,23)24/h2-3,5-10,17H,4,11-12H2,1H3,(H,25,29)(H,26,27,28). The molecule has 31 heavy (non-hydrogen) atoms. The van der Waals surface area contributed by atoms with Crippen LogP contribution in [-0.4, -0.2) is 36.0 Å². The quantitative estimate of drug-likeness (QED) is 0.694. The molecule has 1 atom stereocenters. The molecule has 3 rings (SSSR count). The molecule has 1 heterocycles. The highest BCUT2D eigenvalue weighted by Crippen LogP contribution is 2.30. The van der Waals surface area contributed by atoms with Crippen LogP contribution in [0, 0.1) is 0 Å². The van der Waals surface area contributed by atoms with E-state index >= 15 is 0 Å². The fraction of sp³-hybridized carbons (Fsp3) is 0.286. The van der Waals surface area contributed by atoms with E-state index in [0.29, 0.717) is 11.6 Å². The highest BCUT2D eigenvalue weighted by Gasteiger charge is 2.38. The number of amidine groups is 1. The predicted molar refractivity (Wildman–Crippen MR) is 113 cm³/mol. The van der Waals surface area contributed by atoms with Gasteiger partial charge < -0.3 is 15.4 Å². The molecule has 2 N–H and O–H groups in total. The van der Waals surface area contributed by atoms with Crippen LogP contribution >= 0.6 is 11.8 Å². The van der Waals surface area contributed by atoms with E-state index in [-0.39, 0.29) is 24.1 Å². The van der Waals surface area contributed by atoms with Crippen molar-refractivity contribution in [2.75, 3.05) is 18.2 Å². The first-order chi connectivity index (χ1) is 14.7. The number of methoxy groups -OCH3 is 1. The van der Waals surface area contributed by atoms with Crippen molar-refractivity contribution in [2.45, 2.75) is 25.1 Å². The lowest BCUT2D eigenvalue weighted by molar-refractivity contribution is -0.167. The average molecular weight is 451 g/mol. The summed E-state index contributed by atoms with van der Waals surface area (Å²) in [5.41, 5.74) is 1.84. The maximum Gasteiger partial charge on any atom is 0.471 e. The summed E-state index contributed by atoms with van der Waals surface area (Å²) in [6, 6.07) is 13.5. The fourth-order valence-electron chi connectivity index (χ4n) is 2.84. The Kier molecular flexibility index (Phi) is 7.21. The third-order valence-electron chi connectivity index (χ3n) is 4.51. The monoisotopic (exact) mass is 451 g/mol. The van der Waals surface area contributed by atoms with Gasteiger partial charge in [-0.2, -0.15) is 13.2 Å². The number of amides is 2. The summed E-state index contributed by atoms with van der Waals surface area (Å²) in [6.45, 7) is 0. The number of rotatable bonds is 6. The number of hydrogen-bond donors (Lipinski definition) is 2. The molecule has 0 aliphatic carbocycles. The molecule has 0 spiro atoms. The van der Waals surface area contributed by atoms with Gasteiger partial charge >= 0.3 is 12.1 Å². The van der Waals surface area contributed by atoms with Crippen molar-refractivity contribution in [3.05, 3.63) is 59.7 Å². The summed E-state index contributed by atoms with van der Waals surface area (Å²) in [7, 11) is 1.60. The highest BCUT2D eigenvalue weighted by atomic mass is 32.2. The van der Waals surface area contributed by atoms with Crippen molar-refractivity contribution in [1.82, 2.24) is 5.32 Å². The highest BCUT2D eigenvalue weighted by molar-refractivity contribution is 8.14. The molecule has 0 bridgehead atoms. The van der Waals surface area contributed by atoms with Crippen LogP contribution in [0.1, 0.15) is 23.6 Å². The van der Waals surface area contributed by atoms with E-state index in [1.807, 2.05) is 24.3 Å². The van der Waals surface area contributed by atoms with Crippen LogP contribution in [0.5, 0.6) is 5.75 Å². The normalized spacial score (nSPS) is 15.9. The van der Waals surface area contributed by atoms with Gasteiger partial charge in [0.05, 0.1) is 13.2 Å². The molecule has 0 saturated heterocycles. The smallest absolute Gasteiger partial charge is 0.471 e. The molecule has 2 amide bonds. The Morgan fingerprint density at radius 2 is 1.77 bits per heavy atom. The van der Waals surface area contributed by atoms with E-state index in [4.69, 9.17) is 4.74 Å². The van der Waals surface area contributed by atoms with Gasteiger partial charge in [0.15, 0.2) is 5.17 Å². The number of carbonyl (C=O) groups is 2. The number of hydrogen-bond acceptors (Lipinski definition) is 5. The van der Waals surface area contributed by atoms with Crippen LogP contribution in [0.25, 0.3) is 0 Å². The summed E-state index contributed by atoms with van der Waals surface area (Å²) in [5, 5.41) is 5.14. The summed E-state index contributed by atoms with van der Waals surface area (Å²) >= 11 is 1.47. The van der Waals surface area contributed by atoms with Crippen LogP contribution in [-0.2, 0) is 16.0 Å². The number of nitrogens with one attached hydrogen (secondary N) is 2. The zero-order valence-corrected chi connectivity index (χ0v) is 17.3. The molecule has 6 nitrogen and oxygen atoms in total. The van der Waals surface area contributed by atoms with E-state index in [9.17, 15) is 22.8 Å². The number of alkyl halides is 3. The summed E-state index contributed by atoms with van der Waals surface area (Å²) in [6.07, 6.45) is -4.34. The van der Waals surface area contributed by atoms with Gasteiger partial charge in [0.2, 0.25) is 5.91 Å². The van der Waals surface area contributed by atoms with Gasteiger partial charge in [-0.1, -0.05) is 36.0 Å².